The van der Waals surface area contributed by atoms with Crippen LogP contribution in [0.3, 0.4) is 0 Å². The third-order valence-corrected chi connectivity index (χ3v) is 5.70. The van der Waals surface area contributed by atoms with E-state index in [-0.39, 0.29) is 6.04 Å². The number of aliphatic carboxylic acids is 1. The Morgan fingerprint density at radius 3 is 2.42 bits per heavy atom. The molecule has 196 valence electrons. The minimum Gasteiger partial charge on any atom is -0.475 e. The molecule has 3 aromatic rings. The van der Waals surface area contributed by atoms with Gasteiger partial charge in [-0.15, -0.1) is 5.10 Å². The minimum atomic E-state index is -5.08. The van der Waals surface area contributed by atoms with Gasteiger partial charge in [0.25, 0.3) is 0 Å². The molecule has 36 heavy (non-hydrogen) atoms. The number of hydrogen-bond donors (Lipinski definition) is 2. The second-order valence-corrected chi connectivity index (χ2v) is 8.71. The van der Waals surface area contributed by atoms with Crippen molar-refractivity contribution < 1.29 is 23.1 Å². The molecule has 4 rings (SSSR count). The molecule has 0 amide bonds. The lowest BCUT2D eigenvalue weighted by atomic mass is 10.1. The van der Waals surface area contributed by atoms with Crippen molar-refractivity contribution in [3.8, 4) is 0 Å². The van der Waals surface area contributed by atoms with Crippen LogP contribution in [0.5, 0.6) is 0 Å². The molecule has 1 unspecified atom stereocenters. The summed E-state index contributed by atoms with van der Waals surface area (Å²) in [7, 11) is 1.87. The van der Waals surface area contributed by atoms with Crippen molar-refractivity contribution in [1.82, 2.24) is 29.9 Å². The second kappa shape index (κ2) is 11.5. The molecule has 3 heterocycles. The molecule has 1 aliphatic heterocycles. The fourth-order valence-electron chi connectivity index (χ4n) is 3.86. The third kappa shape index (κ3) is 7.03. The third-order valence-electron chi connectivity index (χ3n) is 5.70. The molecule has 1 aliphatic rings. The number of rotatable bonds is 6. The van der Waals surface area contributed by atoms with Crippen molar-refractivity contribution in [2.75, 3.05) is 42.9 Å². The summed E-state index contributed by atoms with van der Waals surface area (Å²) in [5, 5.41) is 19.9. The zero-order valence-corrected chi connectivity index (χ0v) is 20.7. The first-order valence-electron chi connectivity index (χ1n) is 11.7. The highest BCUT2D eigenvalue weighted by molar-refractivity contribution is 5.91. The van der Waals surface area contributed by atoms with E-state index in [0.29, 0.717) is 5.95 Å². The number of anilines is 2. The van der Waals surface area contributed by atoms with Crippen LogP contribution in [0.15, 0.2) is 24.4 Å². The van der Waals surface area contributed by atoms with Crippen LogP contribution in [0, 0.1) is 6.92 Å². The molecule has 1 fully saturated rings. The minimum absolute atomic E-state index is 0.0276. The largest absolute Gasteiger partial charge is 0.490 e. The molecule has 0 saturated carbocycles. The monoisotopic (exact) mass is 508 g/mol. The Kier molecular flexibility index (Phi) is 8.66. The maximum absolute atomic E-state index is 10.6. The fourth-order valence-corrected chi connectivity index (χ4v) is 3.86. The fraction of sp³-hybridized carbons (Fsp3) is 0.522. The van der Waals surface area contributed by atoms with Crippen molar-refractivity contribution in [3.63, 3.8) is 0 Å². The highest BCUT2D eigenvalue weighted by atomic mass is 19.4. The molecule has 2 aromatic heterocycles. The highest BCUT2D eigenvalue weighted by Crippen LogP contribution is 2.28. The molecule has 0 aliphatic carbocycles. The summed E-state index contributed by atoms with van der Waals surface area (Å²) in [6.07, 6.45) is -1.97. The number of halogens is 3. The van der Waals surface area contributed by atoms with E-state index in [4.69, 9.17) is 19.9 Å². The summed E-state index contributed by atoms with van der Waals surface area (Å²) in [4.78, 5) is 23.5. The van der Waals surface area contributed by atoms with E-state index >= 15 is 0 Å². The maximum atomic E-state index is 10.6. The van der Waals surface area contributed by atoms with Gasteiger partial charge in [0.2, 0.25) is 5.95 Å². The van der Waals surface area contributed by atoms with Crippen LogP contribution in [-0.2, 0) is 11.8 Å². The van der Waals surface area contributed by atoms with Gasteiger partial charge in [-0.2, -0.15) is 18.2 Å². The number of nitrogens with one attached hydrogen (secondary N) is 1. The molecule has 2 N–H and O–H groups in total. The molecule has 1 saturated heterocycles. The summed E-state index contributed by atoms with van der Waals surface area (Å²) < 4.78 is 33.4. The van der Waals surface area contributed by atoms with Crippen LogP contribution in [0.4, 0.5) is 24.9 Å². The lowest BCUT2D eigenvalue weighted by Gasteiger charge is -2.35. The van der Waals surface area contributed by atoms with Crippen LogP contribution >= 0.6 is 0 Å². The molecular formula is C23H31F3N8O2. The van der Waals surface area contributed by atoms with E-state index in [0.717, 1.165) is 48.6 Å². The topological polar surface area (TPSA) is 112 Å². The SMILES string of the molecule is CCCN1CCN(c2nc(NC(C)c3cn(C)nn3)nc3cc(C)ccc23)CC1.O=C(O)C(F)(F)F. The normalized spacial score (nSPS) is 15.4. The number of carboxylic acids is 1. The summed E-state index contributed by atoms with van der Waals surface area (Å²) in [6.45, 7) is 11.7. The first-order valence-corrected chi connectivity index (χ1v) is 11.7. The van der Waals surface area contributed by atoms with E-state index < -0.39 is 12.1 Å². The van der Waals surface area contributed by atoms with E-state index in [1.807, 2.05) is 13.2 Å². The molecule has 13 heteroatoms. The Bertz CT molecular complexity index is 1180. The van der Waals surface area contributed by atoms with E-state index in [1.54, 1.807) is 4.68 Å². The van der Waals surface area contributed by atoms with Gasteiger partial charge in [-0.05, 0) is 44.5 Å². The summed E-state index contributed by atoms with van der Waals surface area (Å²) in [6, 6.07) is 6.39. The van der Waals surface area contributed by atoms with Crippen molar-refractivity contribution in [2.45, 2.75) is 39.4 Å². The number of piperazine rings is 1. The van der Waals surface area contributed by atoms with Gasteiger partial charge in [0.15, 0.2) is 0 Å². The molecular weight excluding hydrogens is 477 g/mol. The van der Waals surface area contributed by atoms with Crippen LogP contribution in [-0.4, -0.2) is 79.8 Å². The predicted octanol–water partition coefficient (Wildman–Crippen LogP) is 3.41. The zero-order valence-electron chi connectivity index (χ0n) is 20.7. The predicted molar refractivity (Wildman–Crippen MR) is 130 cm³/mol. The van der Waals surface area contributed by atoms with Gasteiger partial charge in [-0.3, -0.25) is 9.58 Å². The van der Waals surface area contributed by atoms with Gasteiger partial charge in [0, 0.05) is 38.6 Å². The number of fused-ring (bicyclic) bond motifs is 1. The smallest absolute Gasteiger partial charge is 0.475 e. The van der Waals surface area contributed by atoms with E-state index in [2.05, 4.69) is 64.4 Å². The summed E-state index contributed by atoms with van der Waals surface area (Å²) in [5.41, 5.74) is 3.04. The molecule has 0 spiro atoms. The van der Waals surface area contributed by atoms with E-state index in [9.17, 15) is 13.2 Å². The van der Waals surface area contributed by atoms with Gasteiger partial charge in [0.05, 0.1) is 17.8 Å². The maximum Gasteiger partial charge on any atom is 0.490 e. The molecule has 1 atom stereocenters. The number of aromatic nitrogens is 5. The van der Waals surface area contributed by atoms with Crippen molar-refractivity contribution in [1.29, 1.82) is 0 Å². The average Bonchev–Trinajstić information content (AvgIpc) is 3.25. The van der Waals surface area contributed by atoms with Gasteiger partial charge < -0.3 is 15.3 Å². The van der Waals surface area contributed by atoms with E-state index in [1.165, 1.54) is 18.5 Å². The number of aryl methyl sites for hydroxylation is 2. The number of carboxylic acid groups (broad SMARTS) is 1. The summed E-state index contributed by atoms with van der Waals surface area (Å²) in [5.74, 6) is -1.11. The molecule has 10 nitrogen and oxygen atoms in total. The quantitative estimate of drug-likeness (QED) is 0.517. The van der Waals surface area contributed by atoms with Crippen molar-refractivity contribution in [3.05, 3.63) is 35.7 Å². The van der Waals surface area contributed by atoms with Crippen LogP contribution in [0.2, 0.25) is 0 Å². The Morgan fingerprint density at radius 1 is 1.19 bits per heavy atom. The first-order chi connectivity index (χ1) is 17.0. The molecule has 1 aromatic carbocycles. The Labute approximate surface area is 207 Å². The van der Waals surface area contributed by atoms with Crippen LogP contribution < -0.4 is 10.2 Å². The first kappa shape index (κ1) is 27.1. The van der Waals surface area contributed by atoms with Crippen molar-refractivity contribution in [2.24, 2.45) is 7.05 Å². The number of carbonyl (C=O) groups is 1. The number of hydrogen-bond acceptors (Lipinski definition) is 8. The molecule has 0 bridgehead atoms. The standard InChI is InChI=1S/C21H30N8.C2HF3O2/c1-5-8-28-9-11-29(12-10-28)20-17-7-6-15(2)13-18(17)23-21(24-20)22-16(3)19-14-27(4)26-25-19;3-2(4,5)1(6)7/h6-7,13-14,16H,5,8-12H2,1-4H3,(H,22,23,24);(H,6,7). The number of alkyl halides is 3. The Hall–Kier alpha value is -3.48. The van der Waals surface area contributed by atoms with Gasteiger partial charge >= 0.3 is 12.1 Å². The lowest BCUT2D eigenvalue weighted by Crippen LogP contribution is -2.47. The van der Waals surface area contributed by atoms with Gasteiger partial charge in [0.1, 0.15) is 11.5 Å². The Morgan fingerprint density at radius 2 is 1.86 bits per heavy atom. The van der Waals surface area contributed by atoms with Crippen LogP contribution in [0.1, 0.15) is 37.6 Å². The van der Waals surface area contributed by atoms with Crippen molar-refractivity contribution >= 4 is 28.6 Å². The van der Waals surface area contributed by atoms with Gasteiger partial charge in [-0.1, -0.05) is 18.2 Å². The molecule has 0 radical (unpaired) electrons. The highest BCUT2D eigenvalue weighted by Gasteiger charge is 2.38. The van der Waals surface area contributed by atoms with Crippen LogP contribution in [0.25, 0.3) is 10.9 Å². The summed E-state index contributed by atoms with van der Waals surface area (Å²) >= 11 is 0. The zero-order chi connectivity index (χ0) is 26.5. The number of benzene rings is 1. The van der Waals surface area contributed by atoms with Gasteiger partial charge in [-0.25, -0.2) is 9.78 Å². The lowest BCUT2D eigenvalue weighted by molar-refractivity contribution is -0.192. The average molecular weight is 509 g/mol. The number of nitrogens with zero attached hydrogens (tertiary/aromatic N) is 7. The Balaban J connectivity index is 0.000000454. The second-order valence-electron chi connectivity index (χ2n) is 8.71.